The number of rotatable bonds is 3. The number of methoxy groups -OCH3 is 1. The van der Waals surface area contributed by atoms with Crippen molar-refractivity contribution >= 4 is 23.6 Å². The fraction of sp³-hybridized carbons (Fsp3) is 0.375. The average Bonchev–Trinajstić information content (AvgIpc) is 3.31. The first-order valence-corrected chi connectivity index (χ1v) is 7.66. The number of urea groups is 1. The zero-order valence-corrected chi connectivity index (χ0v) is 13.5. The molecule has 1 aromatic carbocycles. The van der Waals surface area contributed by atoms with Crippen LogP contribution in [0.5, 0.6) is 0 Å². The quantitative estimate of drug-likeness (QED) is 0.861. The number of ether oxygens (including phenoxy) is 1. The molecule has 1 heterocycles. The number of nitrogens with zero attached hydrogens (tertiary/aromatic N) is 1. The zero-order chi connectivity index (χ0) is 16.7. The molecule has 1 aliphatic carbocycles. The molecule has 7 heteroatoms. The number of allylic oxidation sites excluding steroid dienone is 1. The highest BCUT2D eigenvalue weighted by Gasteiger charge is 2.43. The van der Waals surface area contributed by atoms with E-state index in [1.54, 1.807) is 6.92 Å². The van der Waals surface area contributed by atoms with Crippen LogP contribution < -0.4 is 5.32 Å². The Kier molecular flexibility index (Phi) is 4.02. The van der Waals surface area contributed by atoms with Gasteiger partial charge < -0.3 is 10.1 Å². The molecule has 1 fully saturated rings. The summed E-state index contributed by atoms with van der Waals surface area (Å²) >= 11 is 6.10. The molecule has 1 atom stereocenters. The van der Waals surface area contributed by atoms with Crippen LogP contribution in [0.1, 0.15) is 31.4 Å². The molecule has 1 saturated carbocycles. The Labute approximate surface area is 138 Å². The van der Waals surface area contributed by atoms with Crippen molar-refractivity contribution in [2.45, 2.75) is 31.8 Å². The van der Waals surface area contributed by atoms with Gasteiger partial charge in [-0.2, -0.15) is 0 Å². The van der Waals surface area contributed by atoms with E-state index in [1.807, 2.05) is 0 Å². The lowest BCUT2D eigenvalue weighted by molar-refractivity contribution is -0.136. The molecule has 0 saturated heterocycles. The van der Waals surface area contributed by atoms with E-state index in [0.717, 1.165) is 12.8 Å². The monoisotopic (exact) mass is 338 g/mol. The molecule has 2 aliphatic rings. The summed E-state index contributed by atoms with van der Waals surface area (Å²) in [5.41, 5.74) is 0.746. The molecule has 0 spiro atoms. The molecule has 1 aromatic rings. The van der Waals surface area contributed by atoms with Gasteiger partial charge in [-0.25, -0.2) is 14.0 Å². The minimum Gasteiger partial charge on any atom is -0.466 e. The first kappa shape index (κ1) is 15.8. The van der Waals surface area contributed by atoms with Crippen molar-refractivity contribution in [1.82, 2.24) is 10.2 Å². The first-order chi connectivity index (χ1) is 11.0. The summed E-state index contributed by atoms with van der Waals surface area (Å²) < 4.78 is 19.1. The molecule has 5 nitrogen and oxygen atoms in total. The Hall–Kier alpha value is -2.08. The summed E-state index contributed by atoms with van der Waals surface area (Å²) in [6.07, 6.45) is 1.76. The van der Waals surface area contributed by atoms with E-state index >= 15 is 0 Å². The van der Waals surface area contributed by atoms with E-state index in [1.165, 1.54) is 30.2 Å². The van der Waals surface area contributed by atoms with Crippen LogP contribution in [0.4, 0.5) is 9.18 Å². The van der Waals surface area contributed by atoms with Crippen LogP contribution in [0.2, 0.25) is 5.02 Å². The molecule has 122 valence electrons. The number of halogens is 2. The summed E-state index contributed by atoms with van der Waals surface area (Å²) in [4.78, 5) is 26.2. The van der Waals surface area contributed by atoms with Crippen LogP contribution in [0.25, 0.3) is 0 Å². The van der Waals surface area contributed by atoms with Gasteiger partial charge in [0.2, 0.25) is 0 Å². The van der Waals surface area contributed by atoms with E-state index in [0.29, 0.717) is 5.70 Å². The molecule has 2 amide bonds. The van der Waals surface area contributed by atoms with Crippen molar-refractivity contribution in [2.75, 3.05) is 7.11 Å². The van der Waals surface area contributed by atoms with Gasteiger partial charge in [0.25, 0.3) is 0 Å². The maximum atomic E-state index is 14.3. The lowest BCUT2D eigenvalue weighted by Gasteiger charge is -2.35. The molecular formula is C16H16ClFN2O3. The Morgan fingerprint density at radius 3 is 2.70 bits per heavy atom. The first-order valence-electron chi connectivity index (χ1n) is 7.28. The Bertz CT molecular complexity index is 695. The lowest BCUT2D eigenvalue weighted by atomic mass is 9.94. The number of benzene rings is 1. The molecule has 0 unspecified atom stereocenters. The van der Waals surface area contributed by atoms with Gasteiger partial charge in [-0.1, -0.05) is 17.7 Å². The van der Waals surface area contributed by atoms with Gasteiger partial charge in [-0.15, -0.1) is 0 Å². The third-order valence-electron chi connectivity index (χ3n) is 4.13. The number of carbonyl (C=O) groups excluding carboxylic acids is 2. The fourth-order valence-corrected chi connectivity index (χ4v) is 3.18. The zero-order valence-electron chi connectivity index (χ0n) is 12.7. The standard InChI is InChI=1S/C16H16ClFN2O3/c1-8-12(15(21)23-2)14(13-10(17)4-3-5-11(13)18)19-16(22)20(8)9-6-7-9/h3-5,9,14H,6-7H2,1-2H3,(H,19,22)/t14-/m1/s1. The average molecular weight is 339 g/mol. The van der Waals surface area contributed by atoms with Gasteiger partial charge in [-0.05, 0) is 31.9 Å². The highest BCUT2D eigenvalue weighted by Crippen LogP contribution is 2.40. The summed E-state index contributed by atoms with van der Waals surface area (Å²) in [6.45, 7) is 1.67. The molecule has 0 aromatic heterocycles. The smallest absolute Gasteiger partial charge is 0.337 e. The summed E-state index contributed by atoms with van der Waals surface area (Å²) in [5.74, 6) is -1.20. The minimum atomic E-state index is -0.973. The topological polar surface area (TPSA) is 58.6 Å². The van der Waals surface area contributed by atoms with Crippen molar-refractivity contribution in [2.24, 2.45) is 0 Å². The second-order valence-electron chi connectivity index (χ2n) is 5.61. The molecule has 23 heavy (non-hydrogen) atoms. The van der Waals surface area contributed by atoms with Gasteiger partial charge in [0.1, 0.15) is 5.82 Å². The number of hydrogen-bond acceptors (Lipinski definition) is 3. The normalized spacial score (nSPS) is 21.3. The van der Waals surface area contributed by atoms with Crippen molar-refractivity contribution in [3.63, 3.8) is 0 Å². The molecule has 0 radical (unpaired) electrons. The maximum Gasteiger partial charge on any atom is 0.337 e. The third kappa shape index (κ3) is 2.67. The van der Waals surface area contributed by atoms with E-state index in [9.17, 15) is 14.0 Å². The van der Waals surface area contributed by atoms with E-state index in [4.69, 9.17) is 16.3 Å². The predicted octanol–water partition coefficient (Wildman–Crippen LogP) is 3.15. The molecule has 1 aliphatic heterocycles. The van der Waals surface area contributed by atoms with Crippen LogP contribution in [-0.2, 0) is 9.53 Å². The predicted molar refractivity (Wildman–Crippen MR) is 82.3 cm³/mol. The number of nitrogens with one attached hydrogen (secondary N) is 1. The second-order valence-corrected chi connectivity index (χ2v) is 6.02. The van der Waals surface area contributed by atoms with E-state index in [2.05, 4.69) is 5.32 Å². The number of esters is 1. The van der Waals surface area contributed by atoms with Crippen LogP contribution in [-0.4, -0.2) is 30.1 Å². The minimum absolute atomic E-state index is 0.0673. The lowest BCUT2D eigenvalue weighted by Crippen LogP contribution is -2.49. The van der Waals surface area contributed by atoms with Crippen LogP contribution >= 0.6 is 11.6 Å². The van der Waals surface area contributed by atoms with Crippen molar-refractivity contribution in [1.29, 1.82) is 0 Å². The number of amides is 2. The highest BCUT2D eigenvalue weighted by atomic mass is 35.5. The largest absolute Gasteiger partial charge is 0.466 e. The summed E-state index contributed by atoms with van der Waals surface area (Å²) in [6, 6.07) is 2.97. The van der Waals surface area contributed by atoms with Gasteiger partial charge in [0.15, 0.2) is 0 Å². The fourth-order valence-electron chi connectivity index (χ4n) is 2.91. The van der Waals surface area contributed by atoms with Crippen molar-refractivity contribution < 1.29 is 18.7 Å². The van der Waals surface area contributed by atoms with E-state index < -0.39 is 17.8 Å². The third-order valence-corrected chi connectivity index (χ3v) is 4.46. The van der Waals surface area contributed by atoms with Crippen LogP contribution in [0.15, 0.2) is 29.5 Å². The van der Waals surface area contributed by atoms with Gasteiger partial charge in [0.05, 0.1) is 18.7 Å². The summed E-state index contributed by atoms with van der Waals surface area (Å²) in [5, 5.41) is 2.83. The number of hydrogen-bond donors (Lipinski definition) is 1. The second kappa shape index (κ2) is 5.85. The van der Waals surface area contributed by atoms with E-state index in [-0.39, 0.29) is 28.2 Å². The van der Waals surface area contributed by atoms with Gasteiger partial charge in [-0.3, -0.25) is 4.90 Å². The molecule has 3 rings (SSSR count). The highest BCUT2D eigenvalue weighted by molar-refractivity contribution is 6.31. The van der Waals surface area contributed by atoms with Crippen molar-refractivity contribution in [3.05, 3.63) is 45.9 Å². The Balaban J connectivity index is 2.15. The molecule has 0 bridgehead atoms. The van der Waals surface area contributed by atoms with Gasteiger partial charge >= 0.3 is 12.0 Å². The molecular weight excluding hydrogens is 323 g/mol. The maximum absolute atomic E-state index is 14.3. The van der Waals surface area contributed by atoms with Gasteiger partial charge in [0, 0.05) is 22.3 Å². The number of carbonyl (C=O) groups is 2. The van der Waals surface area contributed by atoms with Crippen LogP contribution in [0, 0.1) is 5.82 Å². The van der Waals surface area contributed by atoms with Crippen LogP contribution in [0.3, 0.4) is 0 Å². The summed E-state index contributed by atoms with van der Waals surface area (Å²) in [7, 11) is 1.25. The van der Waals surface area contributed by atoms with Crippen molar-refractivity contribution in [3.8, 4) is 0 Å². The Morgan fingerprint density at radius 2 is 2.13 bits per heavy atom. The SMILES string of the molecule is COC(=O)C1=C(C)N(C2CC2)C(=O)N[C@H]1c1c(F)cccc1Cl. The molecule has 1 N–H and O–H groups in total. The Morgan fingerprint density at radius 1 is 1.43 bits per heavy atom.